The molecule has 1 saturated heterocycles. The molecule has 6 rings (SSSR count). The van der Waals surface area contributed by atoms with Gasteiger partial charge in [0.25, 0.3) is 5.56 Å². The van der Waals surface area contributed by atoms with Crippen LogP contribution < -0.4 is 5.56 Å². The smallest absolute Gasteiger partial charge is 0.267 e. The van der Waals surface area contributed by atoms with Crippen LogP contribution in [0.3, 0.4) is 0 Å². The number of likely N-dealkylation sites (tertiary alicyclic amines) is 1. The van der Waals surface area contributed by atoms with E-state index in [2.05, 4.69) is 25.7 Å². The first kappa shape index (κ1) is 25.4. The number of nitrogens with zero attached hydrogens (tertiary/aromatic N) is 3. The molecule has 2 bridgehead atoms. The third-order valence-electron chi connectivity index (χ3n) is 8.50. The lowest BCUT2D eigenvalue weighted by Gasteiger charge is -2.39. The Kier molecular flexibility index (Phi) is 6.28. The molecule has 5 nitrogen and oxygen atoms in total. The van der Waals surface area contributed by atoms with Crippen molar-refractivity contribution in [3.05, 3.63) is 49.6 Å². The molecular weight excluding hydrogens is 522 g/mol. The van der Waals surface area contributed by atoms with Crippen LogP contribution in [0, 0.1) is 17.8 Å². The van der Waals surface area contributed by atoms with Crippen LogP contribution >= 0.6 is 34.7 Å². The van der Waals surface area contributed by atoms with E-state index < -0.39 is 0 Å². The van der Waals surface area contributed by atoms with Gasteiger partial charge < -0.3 is 4.90 Å². The van der Waals surface area contributed by atoms with Crippen LogP contribution in [0.25, 0.3) is 15.9 Å². The van der Waals surface area contributed by atoms with Crippen molar-refractivity contribution in [3.63, 3.8) is 0 Å². The molecule has 8 heteroatoms. The van der Waals surface area contributed by atoms with Crippen LogP contribution in [0.15, 0.2) is 28.2 Å². The van der Waals surface area contributed by atoms with Gasteiger partial charge in [-0.3, -0.25) is 14.2 Å². The maximum atomic E-state index is 14.1. The molecule has 1 saturated carbocycles. The minimum Gasteiger partial charge on any atom is -0.338 e. The predicted molar refractivity (Wildman–Crippen MR) is 154 cm³/mol. The van der Waals surface area contributed by atoms with Crippen LogP contribution in [-0.4, -0.2) is 38.7 Å². The Morgan fingerprint density at radius 2 is 2.00 bits per heavy atom. The zero-order valence-corrected chi connectivity index (χ0v) is 24.4. The summed E-state index contributed by atoms with van der Waals surface area (Å²) in [6.07, 6.45) is 7.49. The van der Waals surface area contributed by atoms with Crippen LogP contribution in [0.2, 0.25) is 5.02 Å². The average Bonchev–Trinajstić information content (AvgIpc) is 3.32. The summed E-state index contributed by atoms with van der Waals surface area (Å²) in [4.78, 5) is 36.9. The highest BCUT2D eigenvalue weighted by molar-refractivity contribution is 7.99. The lowest BCUT2D eigenvalue weighted by molar-refractivity contribution is -0.129. The topological polar surface area (TPSA) is 55.2 Å². The van der Waals surface area contributed by atoms with Crippen LogP contribution in [0.1, 0.15) is 68.9 Å². The number of halogens is 1. The maximum Gasteiger partial charge on any atom is 0.267 e. The number of thioether (sulfide) groups is 1. The molecule has 2 aliphatic carbocycles. The molecule has 196 valence electrons. The lowest BCUT2D eigenvalue weighted by Crippen LogP contribution is -2.38. The minimum atomic E-state index is -0.0454. The van der Waals surface area contributed by atoms with E-state index in [1.54, 1.807) is 15.9 Å². The second-order valence-electron chi connectivity index (χ2n) is 12.3. The second-order valence-corrected chi connectivity index (χ2v) is 14.8. The summed E-state index contributed by atoms with van der Waals surface area (Å²) in [5.41, 5.74) is 3.16. The number of amides is 1. The first-order valence-corrected chi connectivity index (χ1v) is 15.5. The summed E-state index contributed by atoms with van der Waals surface area (Å²) in [5, 5.41) is 1.94. The first-order chi connectivity index (χ1) is 17.6. The molecule has 1 aliphatic heterocycles. The standard InChI is InChI=1S/C29H34ClN3O2S2/c1-17-20(30)9-7-10-21(17)33-26(35)24-19-8-5-6-11-22(19)37-25(24)31-27(33)36-14-23(34)32-16-29(4)13-18(32)12-28(2,3)15-29/h7,9-10,18H,5-6,8,11-16H2,1-4H3. The molecular formula is C29H34ClN3O2S2. The van der Waals surface area contributed by atoms with Crippen molar-refractivity contribution in [2.24, 2.45) is 10.8 Å². The number of thiophene rings is 1. The Balaban J connectivity index is 1.38. The minimum absolute atomic E-state index is 0.0454. The second kappa shape index (κ2) is 9.13. The predicted octanol–water partition coefficient (Wildman–Crippen LogP) is 6.81. The lowest BCUT2D eigenvalue weighted by atomic mass is 9.65. The van der Waals surface area contributed by atoms with Gasteiger partial charge in [0.05, 0.1) is 16.8 Å². The number of aromatic nitrogens is 2. The summed E-state index contributed by atoms with van der Waals surface area (Å²) < 4.78 is 1.70. The molecule has 0 radical (unpaired) electrons. The molecule has 2 atom stereocenters. The molecule has 2 fully saturated rings. The molecule has 37 heavy (non-hydrogen) atoms. The zero-order chi connectivity index (χ0) is 26.1. The average molecular weight is 556 g/mol. The molecule has 3 aromatic rings. The van der Waals surface area contributed by atoms with Gasteiger partial charge in [0, 0.05) is 22.5 Å². The zero-order valence-electron chi connectivity index (χ0n) is 22.0. The fraction of sp³-hybridized carbons (Fsp3) is 0.552. The summed E-state index contributed by atoms with van der Waals surface area (Å²) >= 11 is 9.52. The van der Waals surface area contributed by atoms with E-state index in [4.69, 9.17) is 16.6 Å². The Morgan fingerprint density at radius 3 is 2.81 bits per heavy atom. The summed E-state index contributed by atoms with van der Waals surface area (Å²) in [5.74, 6) is 0.418. The highest BCUT2D eigenvalue weighted by Gasteiger charge is 2.50. The number of carbonyl (C=O) groups excluding carboxylic acids is 1. The Labute approximate surface area is 231 Å². The van der Waals surface area contributed by atoms with Gasteiger partial charge in [0.2, 0.25) is 5.91 Å². The third-order valence-corrected chi connectivity index (χ3v) is 11.0. The highest BCUT2D eigenvalue weighted by Crippen LogP contribution is 2.52. The van der Waals surface area contributed by atoms with Gasteiger partial charge in [-0.1, -0.05) is 50.2 Å². The van der Waals surface area contributed by atoms with E-state index in [0.717, 1.165) is 73.0 Å². The normalized spacial score (nSPS) is 24.5. The number of rotatable bonds is 4. The van der Waals surface area contributed by atoms with E-state index in [0.29, 0.717) is 16.2 Å². The molecule has 1 amide bonds. The molecule has 3 aliphatic rings. The van der Waals surface area contributed by atoms with Crippen molar-refractivity contribution in [2.75, 3.05) is 12.3 Å². The number of aryl methyl sites for hydroxylation is 2. The van der Waals surface area contributed by atoms with E-state index in [1.807, 2.05) is 25.1 Å². The Morgan fingerprint density at radius 1 is 1.22 bits per heavy atom. The van der Waals surface area contributed by atoms with Gasteiger partial charge in [0.15, 0.2) is 5.16 Å². The third kappa shape index (κ3) is 4.45. The Bertz CT molecular complexity index is 1480. The van der Waals surface area contributed by atoms with Crippen molar-refractivity contribution in [1.29, 1.82) is 0 Å². The van der Waals surface area contributed by atoms with Gasteiger partial charge in [-0.15, -0.1) is 11.3 Å². The van der Waals surface area contributed by atoms with Crippen LogP contribution in [-0.2, 0) is 17.6 Å². The highest BCUT2D eigenvalue weighted by atomic mass is 35.5. The van der Waals surface area contributed by atoms with E-state index in [9.17, 15) is 9.59 Å². The largest absolute Gasteiger partial charge is 0.338 e. The number of carbonyl (C=O) groups is 1. The quantitative estimate of drug-likeness (QED) is 0.262. The van der Waals surface area contributed by atoms with Crippen LogP contribution in [0.4, 0.5) is 0 Å². The molecule has 2 aromatic heterocycles. The van der Waals surface area contributed by atoms with E-state index in [-0.39, 0.29) is 28.0 Å². The number of fused-ring (bicyclic) bond motifs is 5. The van der Waals surface area contributed by atoms with Crippen molar-refractivity contribution in [1.82, 2.24) is 14.5 Å². The molecule has 2 unspecified atom stereocenters. The fourth-order valence-corrected chi connectivity index (χ4v) is 9.66. The summed E-state index contributed by atoms with van der Waals surface area (Å²) in [7, 11) is 0. The fourth-order valence-electron chi connectivity index (χ4n) is 7.29. The van der Waals surface area contributed by atoms with Gasteiger partial charge in [0.1, 0.15) is 4.83 Å². The van der Waals surface area contributed by atoms with Crippen LogP contribution in [0.5, 0.6) is 0 Å². The maximum absolute atomic E-state index is 14.1. The monoisotopic (exact) mass is 555 g/mol. The van der Waals surface area contributed by atoms with Gasteiger partial charge in [-0.2, -0.15) is 0 Å². The number of benzene rings is 1. The first-order valence-electron chi connectivity index (χ1n) is 13.3. The van der Waals surface area contributed by atoms with E-state index >= 15 is 0 Å². The molecule has 1 aromatic carbocycles. The number of hydrogen-bond acceptors (Lipinski definition) is 5. The summed E-state index contributed by atoms with van der Waals surface area (Å²) in [6.45, 7) is 9.74. The SMILES string of the molecule is Cc1c(Cl)cccc1-n1c(SCC(=O)N2CC3(C)CC2CC(C)(C)C3)nc2sc3c(c2c1=O)CCCC3. The molecule has 0 spiro atoms. The molecule has 0 N–H and O–H groups in total. The Hall–Kier alpha value is -1.83. The van der Waals surface area contributed by atoms with E-state index in [1.165, 1.54) is 22.2 Å². The molecule has 3 heterocycles. The van der Waals surface area contributed by atoms with Crippen molar-refractivity contribution < 1.29 is 4.79 Å². The number of hydrogen-bond donors (Lipinski definition) is 0. The van der Waals surface area contributed by atoms with Gasteiger partial charge >= 0.3 is 0 Å². The van der Waals surface area contributed by atoms with Crippen molar-refractivity contribution >= 4 is 50.8 Å². The van der Waals surface area contributed by atoms with Gasteiger partial charge in [-0.25, -0.2) is 4.98 Å². The summed E-state index contributed by atoms with van der Waals surface area (Å²) in [6, 6.07) is 5.94. The van der Waals surface area contributed by atoms with Crippen molar-refractivity contribution in [2.45, 2.75) is 83.8 Å². The van der Waals surface area contributed by atoms with Gasteiger partial charge in [-0.05, 0) is 86.0 Å². The van der Waals surface area contributed by atoms with Crippen molar-refractivity contribution in [3.8, 4) is 5.69 Å².